The van der Waals surface area contributed by atoms with Gasteiger partial charge in [0.25, 0.3) is 0 Å². The van der Waals surface area contributed by atoms with Crippen molar-refractivity contribution < 1.29 is 49.3 Å². The molecule has 2 aliphatic carbocycles. The first kappa shape index (κ1) is 38.8. The number of carbonyl (C=O) groups excluding carboxylic acids is 1. The van der Waals surface area contributed by atoms with Gasteiger partial charge in [0.05, 0.1) is 43.5 Å². The number of aliphatic hydroxyl groups excluding tert-OH is 3. The van der Waals surface area contributed by atoms with Crippen LogP contribution in [0.25, 0.3) is 0 Å². The molecule has 3 fully saturated rings. The largest absolute Gasteiger partial charge is 0.467 e. The van der Waals surface area contributed by atoms with Gasteiger partial charge in [0.1, 0.15) is 35.3 Å². The quantitative estimate of drug-likeness (QED) is 0.0533. The van der Waals surface area contributed by atoms with Gasteiger partial charge in [-0.25, -0.2) is 4.99 Å². The molecule has 0 aromatic carbocycles. The second-order valence-corrected chi connectivity index (χ2v) is 13.7. The van der Waals surface area contributed by atoms with Crippen LogP contribution in [0.3, 0.4) is 0 Å². The van der Waals surface area contributed by atoms with E-state index in [0.29, 0.717) is 44.7 Å². The van der Waals surface area contributed by atoms with E-state index in [1.165, 1.54) is 6.92 Å². The normalized spacial score (nSPS) is 42.0. The number of carbonyl (C=O) groups is 1. The van der Waals surface area contributed by atoms with E-state index in [9.17, 15) is 30.3 Å². The SMILES string of the molecule is CN[C@@H]1[C@@H](O)[C@@H](O[C@H]2[C@H](CC(=O)C3(O)CC3N=C(N)N)C[C@H](N)C(O[C@H]3OC(CNCC(O)CCCN)=CC[C@H]3N)[C@@H]2O)OC[C@]1(C)O. The Bertz CT molecular complexity index is 1140. The van der Waals surface area contributed by atoms with Crippen LogP contribution in [0.5, 0.6) is 0 Å². The van der Waals surface area contributed by atoms with Crippen molar-refractivity contribution in [1.29, 1.82) is 0 Å². The molecular weight excluding hydrogens is 632 g/mol. The van der Waals surface area contributed by atoms with Crippen LogP contribution in [0.2, 0.25) is 0 Å². The monoisotopic (exact) mass is 688 g/mol. The lowest BCUT2D eigenvalue weighted by Crippen LogP contribution is -2.67. The van der Waals surface area contributed by atoms with Crippen LogP contribution >= 0.6 is 0 Å². The van der Waals surface area contributed by atoms with Crippen LogP contribution in [0.15, 0.2) is 16.8 Å². The molecule has 0 aromatic heterocycles. The lowest BCUT2D eigenvalue weighted by Gasteiger charge is -2.48. The van der Waals surface area contributed by atoms with Gasteiger partial charge in [-0.3, -0.25) is 4.79 Å². The molecule has 17 N–H and O–H groups in total. The average Bonchev–Trinajstić information content (AvgIpc) is 3.67. The molecule has 0 bridgehead atoms. The van der Waals surface area contributed by atoms with E-state index >= 15 is 0 Å². The zero-order valence-corrected chi connectivity index (χ0v) is 27.7. The molecule has 1 saturated heterocycles. The number of nitrogens with one attached hydrogen (secondary N) is 2. The number of aliphatic hydroxyl groups is 5. The Labute approximate surface area is 280 Å². The highest BCUT2D eigenvalue weighted by molar-refractivity contribution is 5.92. The summed E-state index contributed by atoms with van der Waals surface area (Å²) in [5, 5.41) is 60.6. The van der Waals surface area contributed by atoms with E-state index in [2.05, 4.69) is 15.6 Å². The maximum absolute atomic E-state index is 13.3. The molecule has 0 radical (unpaired) electrons. The standard InChI is InChI=1S/C30H56N8O10/c1-29(43)13-45-27(22(42)25(29)36-2)47-23-14(9-20(40)30(44)10-19(30)38-28(34)35)8-18(33)24(21(23)41)48-26-17(32)6-5-16(46-26)12-37-11-15(39)4-3-7-31/h5,14-15,17-19,21-27,36-37,39,41-44H,3-4,6-13,31-33H2,1-2H3,(H4,34,35,38)/t14-,15?,17+,18-,19?,21+,22+,23-,24?,25+,26+,27+,29-,30?/m0/s1. The Balaban J connectivity index is 1.47. The third-order valence-corrected chi connectivity index (χ3v) is 9.64. The molecule has 48 heavy (non-hydrogen) atoms. The van der Waals surface area contributed by atoms with Gasteiger partial charge in [0, 0.05) is 25.4 Å². The van der Waals surface area contributed by atoms with Crippen molar-refractivity contribution in [3.63, 3.8) is 0 Å². The predicted molar refractivity (Wildman–Crippen MR) is 173 cm³/mol. The number of Topliss-reactive ketones (excluding diaryl/α,β-unsaturated/α-hetero) is 1. The summed E-state index contributed by atoms with van der Waals surface area (Å²) in [6.45, 7) is 2.45. The summed E-state index contributed by atoms with van der Waals surface area (Å²) in [7, 11) is 1.57. The molecular formula is C30H56N8O10. The highest BCUT2D eigenvalue weighted by Gasteiger charge is 2.60. The lowest BCUT2D eigenvalue weighted by atomic mass is 9.76. The van der Waals surface area contributed by atoms with Crippen molar-refractivity contribution in [2.75, 3.05) is 33.3 Å². The van der Waals surface area contributed by atoms with Gasteiger partial charge in [-0.15, -0.1) is 0 Å². The van der Waals surface area contributed by atoms with Crippen molar-refractivity contribution >= 4 is 11.7 Å². The Hall–Kier alpha value is -2.04. The Kier molecular flexibility index (Phi) is 13.2. The number of ketones is 1. The Morgan fingerprint density at radius 2 is 1.85 bits per heavy atom. The number of likely N-dealkylation sites (N-methyl/N-ethyl adjacent to an activating group) is 1. The third-order valence-electron chi connectivity index (χ3n) is 9.64. The second kappa shape index (κ2) is 16.3. The highest BCUT2D eigenvalue weighted by Crippen LogP contribution is 2.43. The van der Waals surface area contributed by atoms with Gasteiger partial charge in [-0.05, 0) is 58.2 Å². The third kappa shape index (κ3) is 9.19. The zero-order valence-electron chi connectivity index (χ0n) is 27.7. The summed E-state index contributed by atoms with van der Waals surface area (Å²) in [6.07, 6.45) is -4.51. The summed E-state index contributed by atoms with van der Waals surface area (Å²) in [5.41, 5.74) is 26.1. The smallest absolute Gasteiger partial charge is 0.215 e. The van der Waals surface area contributed by atoms with E-state index in [-0.39, 0.29) is 31.8 Å². The molecule has 2 heterocycles. The number of ether oxygens (including phenoxy) is 4. The van der Waals surface area contributed by atoms with Crippen LogP contribution in [-0.2, 0) is 23.7 Å². The molecule has 4 rings (SSSR count). The molecule has 276 valence electrons. The number of hydrogen-bond acceptors (Lipinski definition) is 16. The summed E-state index contributed by atoms with van der Waals surface area (Å²) in [6, 6.07) is -3.04. The average molecular weight is 689 g/mol. The minimum Gasteiger partial charge on any atom is -0.467 e. The number of guanidine groups is 1. The fourth-order valence-corrected chi connectivity index (χ4v) is 6.79. The van der Waals surface area contributed by atoms with E-state index < -0.39 is 90.2 Å². The minimum absolute atomic E-state index is 0.0416. The molecule has 4 aliphatic rings. The lowest BCUT2D eigenvalue weighted by molar-refractivity contribution is -0.308. The molecule has 14 atom stereocenters. The molecule has 18 nitrogen and oxygen atoms in total. The first-order valence-electron chi connectivity index (χ1n) is 16.6. The number of nitrogens with zero attached hydrogens (tertiary/aromatic N) is 1. The second-order valence-electron chi connectivity index (χ2n) is 13.7. The molecule has 0 amide bonds. The number of hydrogen-bond donors (Lipinski definition) is 12. The number of rotatable bonds is 16. The molecule has 18 heteroatoms. The van der Waals surface area contributed by atoms with E-state index in [1.54, 1.807) is 7.05 Å². The fraction of sp³-hybridized carbons (Fsp3) is 0.867. The van der Waals surface area contributed by atoms with E-state index in [1.807, 2.05) is 6.08 Å². The van der Waals surface area contributed by atoms with Gasteiger partial charge >= 0.3 is 0 Å². The number of nitrogens with two attached hydrogens (primary N) is 5. The van der Waals surface area contributed by atoms with E-state index in [0.717, 1.165) is 0 Å². The molecule has 2 aliphatic heterocycles. The van der Waals surface area contributed by atoms with Gasteiger partial charge < -0.3 is 83.8 Å². The summed E-state index contributed by atoms with van der Waals surface area (Å²) >= 11 is 0. The van der Waals surface area contributed by atoms with Crippen LogP contribution in [0.4, 0.5) is 0 Å². The maximum atomic E-state index is 13.3. The Morgan fingerprint density at radius 1 is 1.15 bits per heavy atom. The summed E-state index contributed by atoms with van der Waals surface area (Å²) in [4.78, 5) is 17.2. The topological polar surface area (TPSA) is 322 Å². The predicted octanol–water partition coefficient (Wildman–Crippen LogP) is -5.10. The van der Waals surface area contributed by atoms with Crippen LogP contribution < -0.4 is 39.3 Å². The van der Waals surface area contributed by atoms with Gasteiger partial charge in [-0.2, -0.15) is 0 Å². The van der Waals surface area contributed by atoms with Crippen molar-refractivity contribution in [1.82, 2.24) is 10.6 Å². The fourth-order valence-electron chi connectivity index (χ4n) is 6.79. The molecule has 2 saturated carbocycles. The van der Waals surface area contributed by atoms with Crippen molar-refractivity contribution in [2.24, 2.45) is 39.6 Å². The van der Waals surface area contributed by atoms with Crippen molar-refractivity contribution in [3.05, 3.63) is 11.8 Å². The Morgan fingerprint density at radius 3 is 2.52 bits per heavy atom. The number of aliphatic imine (C=N–C) groups is 1. The minimum atomic E-state index is -1.77. The summed E-state index contributed by atoms with van der Waals surface area (Å²) < 4.78 is 24.1. The molecule has 0 spiro atoms. The van der Waals surface area contributed by atoms with Gasteiger partial charge in [0.15, 0.2) is 18.0 Å². The zero-order chi connectivity index (χ0) is 35.4. The maximum Gasteiger partial charge on any atom is 0.215 e. The van der Waals surface area contributed by atoms with E-state index in [4.69, 9.17) is 47.6 Å². The molecule has 4 unspecified atom stereocenters. The van der Waals surface area contributed by atoms with Crippen LogP contribution in [-0.4, -0.2) is 149 Å². The first-order chi connectivity index (χ1) is 22.6. The van der Waals surface area contributed by atoms with Gasteiger partial charge in [0.2, 0.25) is 6.29 Å². The van der Waals surface area contributed by atoms with Crippen LogP contribution in [0, 0.1) is 5.92 Å². The van der Waals surface area contributed by atoms with Crippen molar-refractivity contribution in [2.45, 2.75) is 124 Å². The van der Waals surface area contributed by atoms with Crippen molar-refractivity contribution in [3.8, 4) is 0 Å². The highest BCUT2D eigenvalue weighted by atomic mass is 16.7. The van der Waals surface area contributed by atoms with Gasteiger partial charge in [-0.1, -0.05) is 0 Å². The first-order valence-corrected chi connectivity index (χ1v) is 16.6. The molecule has 0 aromatic rings. The van der Waals surface area contributed by atoms with Crippen LogP contribution in [0.1, 0.15) is 45.4 Å². The summed E-state index contributed by atoms with van der Waals surface area (Å²) in [5.74, 6) is -1.01.